The van der Waals surface area contributed by atoms with E-state index in [0.717, 1.165) is 0 Å². The summed E-state index contributed by atoms with van der Waals surface area (Å²) in [5.41, 5.74) is 0. The van der Waals surface area contributed by atoms with Gasteiger partial charge in [-0.05, 0) is 0 Å². The van der Waals surface area contributed by atoms with Crippen molar-refractivity contribution in [3.63, 3.8) is 0 Å². The van der Waals surface area contributed by atoms with Gasteiger partial charge in [-0.2, -0.15) is 0 Å². The number of hydrogen-bond acceptors (Lipinski definition) is 1. The monoisotopic (exact) mass is 95.1 g/mol. The lowest BCUT2D eigenvalue weighted by molar-refractivity contribution is 1.27. The van der Waals surface area contributed by atoms with Crippen molar-refractivity contribution in [2.24, 2.45) is 4.99 Å². The summed E-state index contributed by atoms with van der Waals surface area (Å²) >= 11 is 0. The van der Waals surface area contributed by atoms with Gasteiger partial charge in [-0.3, -0.25) is 4.99 Å². The van der Waals surface area contributed by atoms with E-state index in [0.29, 0.717) is 6.54 Å². The predicted octanol–water partition coefficient (Wildman–Crippen LogP) is 1.43. The van der Waals surface area contributed by atoms with Crippen molar-refractivity contribution in [3.05, 3.63) is 25.3 Å². The molecule has 0 spiro atoms. The molecule has 0 aliphatic carbocycles. The van der Waals surface area contributed by atoms with E-state index >= 15 is 0 Å². The summed E-state index contributed by atoms with van der Waals surface area (Å²) in [6.07, 6.45) is 5.03. The fourth-order valence-corrected chi connectivity index (χ4v) is 0.210. The van der Waals surface area contributed by atoms with Gasteiger partial charge in [-0.15, -0.1) is 6.58 Å². The van der Waals surface area contributed by atoms with Crippen molar-refractivity contribution in [1.82, 2.24) is 0 Å². The first-order valence-electron chi connectivity index (χ1n) is 2.13. The molecule has 0 saturated carbocycles. The molecule has 0 amide bonds. The smallest absolute Gasteiger partial charge is 0.0567 e. The Bertz CT molecular complexity index is 82.2. The van der Waals surface area contributed by atoms with Crippen LogP contribution in [0.2, 0.25) is 0 Å². The molecular formula is C6H9N. The second-order valence-electron chi connectivity index (χ2n) is 1.04. The van der Waals surface area contributed by atoms with Crippen LogP contribution in [0.25, 0.3) is 0 Å². The second kappa shape index (κ2) is 5.15. The Morgan fingerprint density at radius 1 is 1.43 bits per heavy atom. The van der Waals surface area contributed by atoms with Crippen LogP contribution in [0.1, 0.15) is 0 Å². The van der Waals surface area contributed by atoms with E-state index < -0.39 is 0 Å². The molecule has 0 heterocycles. The van der Waals surface area contributed by atoms with Gasteiger partial charge < -0.3 is 0 Å². The average Bonchev–Trinajstić information content (AvgIpc) is 1.69. The van der Waals surface area contributed by atoms with Crippen molar-refractivity contribution in [3.8, 4) is 0 Å². The molecular weight excluding hydrogens is 86.1 g/mol. The predicted molar refractivity (Wildman–Crippen MR) is 33.8 cm³/mol. The zero-order valence-electron chi connectivity index (χ0n) is 4.30. The lowest BCUT2D eigenvalue weighted by Crippen LogP contribution is -1.68. The third-order valence-electron chi connectivity index (χ3n) is 0.445. The van der Waals surface area contributed by atoms with E-state index in [1.165, 1.54) is 0 Å². The minimum atomic E-state index is 0.687. The Balaban J connectivity index is 3.08. The van der Waals surface area contributed by atoms with Crippen LogP contribution in [0.15, 0.2) is 30.3 Å². The zero-order valence-corrected chi connectivity index (χ0v) is 4.30. The average molecular weight is 95.1 g/mol. The molecule has 0 N–H and O–H groups in total. The number of nitrogens with zero attached hydrogens (tertiary/aromatic N) is 1. The summed E-state index contributed by atoms with van der Waals surface area (Å²) in [6.45, 7) is 7.62. The lowest BCUT2D eigenvalue weighted by Gasteiger charge is -1.73. The number of hydrogen-bond donors (Lipinski definition) is 0. The second-order valence-corrected chi connectivity index (χ2v) is 1.04. The van der Waals surface area contributed by atoms with E-state index in [-0.39, 0.29) is 0 Å². The molecule has 0 aromatic carbocycles. The Hall–Kier alpha value is -0.850. The standard InChI is InChI=1S/C6H9N/c1-3-5-7-6-4-2/h3-5H,1-2,6H2. The molecule has 0 aromatic rings. The van der Waals surface area contributed by atoms with Gasteiger partial charge in [0.05, 0.1) is 6.54 Å². The zero-order chi connectivity index (χ0) is 5.54. The number of allylic oxidation sites excluding steroid dienone is 1. The molecule has 0 radical (unpaired) electrons. The maximum absolute atomic E-state index is 3.85. The van der Waals surface area contributed by atoms with Crippen molar-refractivity contribution < 1.29 is 0 Å². The first-order chi connectivity index (χ1) is 3.41. The van der Waals surface area contributed by atoms with Crippen LogP contribution in [0, 0.1) is 0 Å². The molecule has 0 bridgehead atoms. The van der Waals surface area contributed by atoms with Crippen LogP contribution in [0.4, 0.5) is 0 Å². The summed E-state index contributed by atoms with van der Waals surface area (Å²) in [5.74, 6) is 0. The molecule has 0 rings (SSSR count). The van der Waals surface area contributed by atoms with Gasteiger partial charge in [0.25, 0.3) is 0 Å². The molecule has 0 atom stereocenters. The van der Waals surface area contributed by atoms with Crippen LogP contribution < -0.4 is 0 Å². The van der Waals surface area contributed by atoms with Gasteiger partial charge >= 0.3 is 0 Å². The molecule has 0 fully saturated rings. The van der Waals surface area contributed by atoms with Gasteiger partial charge in [0.2, 0.25) is 0 Å². The van der Waals surface area contributed by atoms with Crippen LogP contribution in [0.3, 0.4) is 0 Å². The molecule has 0 aliphatic heterocycles. The third kappa shape index (κ3) is 5.15. The maximum Gasteiger partial charge on any atom is 0.0567 e. The first kappa shape index (κ1) is 6.15. The summed E-state index contributed by atoms with van der Waals surface area (Å²) in [6, 6.07) is 0. The van der Waals surface area contributed by atoms with Crippen molar-refractivity contribution in [1.29, 1.82) is 0 Å². The van der Waals surface area contributed by atoms with Gasteiger partial charge in [0.15, 0.2) is 0 Å². The van der Waals surface area contributed by atoms with Gasteiger partial charge in [-0.1, -0.05) is 18.7 Å². The van der Waals surface area contributed by atoms with Crippen LogP contribution >= 0.6 is 0 Å². The minimum absolute atomic E-state index is 0.687. The first-order valence-corrected chi connectivity index (χ1v) is 2.13. The summed E-state index contributed by atoms with van der Waals surface area (Å²) in [7, 11) is 0. The van der Waals surface area contributed by atoms with E-state index in [1.54, 1.807) is 18.4 Å². The van der Waals surface area contributed by atoms with Gasteiger partial charge in [0.1, 0.15) is 0 Å². The lowest BCUT2D eigenvalue weighted by atomic mass is 10.6. The Morgan fingerprint density at radius 2 is 2.14 bits per heavy atom. The van der Waals surface area contributed by atoms with E-state index in [1.807, 2.05) is 0 Å². The quantitative estimate of drug-likeness (QED) is 0.371. The summed E-state index contributed by atoms with van der Waals surface area (Å²) in [5, 5.41) is 0. The SMILES string of the molecule is C=CC=NCC=C. The normalized spacial score (nSPS) is 9.14. The molecule has 7 heavy (non-hydrogen) atoms. The fourth-order valence-electron chi connectivity index (χ4n) is 0.210. The van der Waals surface area contributed by atoms with Gasteiger partial charge in [-0.25, -0.2) is 0 Å². The largest absolute Gasteiger partial charge is 0.289 e. The van der Waals surface area contributed by atoms with Crippen LogP contribution in [-0.4, -0.2) is 12.8 Å². The third-order valence-corrected chi connectivity index (χ3v) is 0.445. The molecule has 1 nitrogen and oxygen atoms in total. The number of aliphatic imine (C=N–C) groups is 1. The van der Waals surface area contributed by atoms with E-state index in [9.17, 15) is 0 Å². The molecule has 1 heteroatoms. The highest BCUT2D eigenvalue weighted by Crippen LogP contribution is 1.66. The van der Waals surface area contributed by atoms with E-state index in [4.69, 9.17) is 0 Å². The summed E-state index contributed by atoms with van der Waals surface area (Å²) in [4.78, 5) is 3.85. The Labute approximate surface area is 44.1 Å². The minimum Gasteiger partial charge on any atom is -0.289 e. The molecule has 0 aliphatic rings. The fraction of sp³-hybridized carbons (Fsp3) is 0.167. The van der Waals surface area contributed by atoms with Gasteiger partial charge in [0, 0.05) is 6.21 Å². The molecule has 0 aromatic heterocycles. The van der Waals surface area contributed by atoms with Crippen LogP contribution in [0.5, 0.6) is 0 Å². The highest BCUT2D eigenvalue weighted by molar-refractivity contribution is 5.70. The molecule has 0 unspecified atom stereocenters. The number of rotatable bonds is 3. The maximum atomic E-state index is 3.85. The van der Waals surface area contributed by atoms with Crippen molar-refractivity contribution >= 4 is 6.21 Å². The summed E-state index contributed by atoms with van der Waals surface area (Å²) < 4.78 is 0. The molecule has 38 valence electrons. The Kier molecular flexibility index (Phi) is 4.52. The van der Waals surface area contributed by atoms with Crippen molar-refractivity contribution in [2.45, 2.75) is 0 Å². The van der Waals surface area contributed by atoms with Crippen LogP contribution in [-0.2, 0) is 0 Å². The highest BCUT2D eigenvalue weighted by atomic mass is 14.7. The Morgan fingerprint density at radius 3 is 2.57 bits per heavy atom. The molecule has 0 saturated heterocycles. The van der Waals surface area contributed by atoms with E-state index in [2.05, 4.69) is 18.2 Å². The van der Waals surface area contributed by atoms with Crippen molar-refractivity contribution in [2.75, 3.05) is 6.54 Å². The topological polar surface area (TPSA) is 12.4 Å². The highest BCUT2D eigenvalue weighted by Gasteiger charge is 1.59.